The lowest BCUT2D eigenvalue weighted by Crippen LogP contribution is -2.59. The average Bonchev–Trinajstić information content (AvgIpc) is 3.59. The molecule has 186 valence electrons. The Morgan fingerprint density at radius 2 is 1.86 bits per heavy atom. The maximum absolute atomic E-state index is 13.5. The first-order valence-corrected chi connectivity index (χ1v) is 12.1. The zero-order chi connectivity index (χ0) is 25.6. The number of pyridine rings is 1. The Morgan fingerprint density at radius 1 is 1.17 bits per heavy atom. The summed E-state index contributed by atoms with van der Waals surface area (Å²) < 4.78 is 13.5. The van der Waals surface area contributed by atoms with Gasteiger partial charge in [0.2, 0.25) is 0 Å². The van der Waals surface area contributed by atoms with Gasteiger partial charge in [0.1, 0.15) is 11.6 Å². The Morgan fingerprint density at radius 3 is 2.47 bits per heavy atom. The number of aromatic nitrogens is 1. The number of nitrogens with one attached hydrogen (secondary N) is 1. The van der Waals surface area contributed by atoms with Gasteiger partial charge in [0.25, 0.3) is 5.91 Å². The van der Waals surface area contributed by atoms with Gasteiger partial charge in [-0.2, -0.15) is 0 Å². The van der Waals surface area contributed by atoms with E-state index in [2.05, 4.69) is 15.2 Å². The molecule has 1 aliphatic carbocycles. The predicted molar refractivity (Wildman–Crippen MR) is 137 cm³/mol. The largest absolute Gasteiger partial charge is 0.478 e. The highest BCUT2D eigenvalue weighted by Crippen LogP contribution is 2.46. The number of carbonyl (C=O) groups is 2. The molecule has 1 saturated carbocycles. The summed E-state index contributed by atoms with van der Waals surface area (Å²) in [4.78, 5) is 33.2. The second-order valence-electron chi connectivity index (χ2n) is 9.54. The molecular formula is C27H26ClFN4O3. The molecule has 0 atom stereocenters. The van der Waals surface area contributed by atoms with Gasteiger partial charge in [-0.1, -0.05) is 23.7 Å². The molecule has 1 saturated heterocycles. The molecule has 0 radical (unpaired) electrons. The van der Waals surface area contributed by atoms with Crippen LogP contribution in [-0.2, 0) is 5.54 Å². The molecule has 1 aliphatic heterocycles. The predicted octanol–water partition coefficient (Wildman–Crippen LogP) is 4.62. The van der Waals surface area contributed by atoms with Crippen LogP contribution in [-0.4, -0.2) is 48.1 Å². The first-order chi connectivity index (χ1) is 17.2. The molecule has 7 nitrogen and oxygen atoms in total. The third-order valence-corrected chi connectivity index (χ3v) is 7.32. The zero-order valence-electron chi connectivity index (χ0n) is 20.0. The van der Waals surface area contributed by atoms with E-state index in [0.29, 0.717) is 29.5 Å². The van der Waals surface area contributed by atoms with Gasteiger partial charge in [-0.05, 0) is 67.3 Å². The normalized spacial score (nSPS) is 16.3. The highest BCUT2D eigenvalue weighted by Gasteiger charge is 2.46. The Kier molecular flexibility index (Phi) is 6.08. The van der Waals surface area contributed by atoms with Crippen molar-refractivity contribution >= 4 is 35.0 Å². The van der Waals surface area contributed by atoms with Crippen molar-refractivity contribution < 1.29 is 19.1 Å². The van der Waals surface area contributed by atoms with Crippen molar-refractivity contribution in [3.8, 4) is 0 Å². The molecule has 2 fully saturated rings. The lowest BCUT2D eigenvalue weighted by atomic mass is 10.0. The molecular weight excluding hydrogens is 483 g/mol. The van der Waals surface area contributed by atoms with Crippen LogP contribution in [0.3, 0.4) is 0 Å². The van der Waals surface area contributed by atoms with Gasteiger partial charge in [0, 0.05) is 32.0 Å². The molecule has 3 aromatic rings. The molecule has 9 heteroatoms. The lowest BCUT2D eigenvalue weighted by molar-refractivity contribution is 0.0696. The van der Waals surface area contributed by atoms with Crippen LogP contribution in [0.4, 0.5) is 15.9 Å². The highest BCUT2D eigenvalue weighted by molar-refractivity contribution is 6.31. The number of halogens is 2. The van der Waals surface area contributed by atoms with E-state index in [1.165, 1.54) is 18.3 Å². The molecule has 0 unspecified atom stereocenters. The quantitative estimate of drug-likeness (QED) is 0.484. The fraction of sp³-hybridized carbons (Fsp3) is 0.296. The number of carboxylic acids is 1. The Bertz CT molecular complexity index is 1340. The van der Waals surface area contributed by atoms with Crippen molar-refractivity contribution in [3.05, 3.63) is 87.8 Å². The molecule has 0 bridgehead atoms. The zero-order valence-corrected chi connectivity index (χ0v) is 20.7. The van der Waals surface area contributed by atoms with E-state index in [1.807, 2.05) is 18.9 Å². The number of nitrogens with zero attached hydrogens (tertiary/aromatic N) is 3. The van der Waals surface area contributed by atoms with Crippen molar-refractivity contribution in [2.24, 2.45) is 0 Å². The van der Waals surface area contributed by atoms with E-state index in [-0.39, 0.29) is 23.3 Å². The van der Waals surface area contributed by atoms with Crippen molar-refractivity contribution in [1.29, 1.82) is 0 Å². The van der Waals surface area contributed by atoms with Crippen molar-refractivity contribution in [1.82, 2.24) is 10.3 Å². The van der Waals surface area contributed by atoms with Gasteiger partial charge >= 0.3 is 5.97 Å². The second kappa shape index (κ2) is 9.09. The van der Waals surface area contributed by atoms with Crippen LogP contribution in [0, 0.1) is 12.7 Å². The summed E-state index contributed by atoms with van der Waals surface area (Å²) in [6, 6.07) is 13.2. The van der Waals surface area contributed by atoms with Gasteiger partial charge in [-0.15, -0.1) is 0 Å². The molecule has 2 aromatic carbocycles. The number of anilines is 2. The fourth-order valence-corrected chi connectivity index (χ4v) is 4.92. The van der Waals surface area contributed by atoms with Gasteiger partial charge in [-0.3, -0.25) is 4.79 Å². The summed E-state index contributed by atoms with van der Waals surface area (Å²) in [5, 5.41) is 12.7. The number of rotatable bonds is 7. The number of carboxylic acid groups (broad SMARTS) is 1. The molecule has 5 rings (SSSR count). The number of aryl methyl sites for hydroxylation is 1. The van der Waals surface area contributed by atoms with Crippen LogP contribution in [0.1, 0.15) is 44.7 Å². The fourth-order valence-electron chi connectivity index (χ4n) is 4.76. The molecule has 2 heterocycles. The van der Waals surface area contributed by atoms with Crippen LogP contribution >= 0.6 is 11.6 Å². The summed E-state index contributed by atoms with van der Waals surface area (Å²) in [5.41, 5.74) is 2.79. The van der Waals surface area contributed by atoms with E-state index in [4.69, 9.17) is 16.7 Å². The topological polar surface area (TPSA) is 85.8 Å². The van der Waals surface area contributed by atoms with E-state index in [0.717, 1.165) is 29.7 Å². The van der Waals surface area contributed by atoms with Gasteiger partial charge in [-0.25, -0.2) is 14.2 Å². The SMILES string of the molecule is Cc1cc(F)ccc1N(C)C1CN(c2ncc(Cl)cc2C(=O)NC2(c3ccc(C(=O)O)cc3)CC2)C1. The first kappa shape index (κ1) is 24.1. The van der Waals surface area contributed by atoms with Crippen LogP contribution in [0.25, 0.3) is 0 Å². The second-order valence-corrected chi connectivity index (χ2v) is 9.98. The highest BCUT2D eigenvalue weighted by atomic mass is 35.5. The number of aromatic carboxylic acids is 1. The van der Waals surface area contributed by atoms with Crippen LogP contribution in [0.2, 0.25) is 5.02 Å². The standard InChI is InChI=1S/C27H26ClFN4O3/c1-16-11-20(29)7-8-23(16)32(2)21-14-33(15-21)24-22(12-19(28)13-30-24)25(34)31-27(9-10-27)18-5-3-17(4-6-18)26(35)36/h3-8,11-13,21H,9-10,14-15H2,1-2H3,(H,31,34)(H,35,36). The van der Waals surface area contributed by atoms with Crippen LogP contribution in [0.5, 0.6) is 0 Å². The lowest BCUT2D eigenvalue weighted by Gasteiger charge is -2.46. The number of carbonyl (C=O) groups excluding carboxylic acids is 1. The third kappa shape index (κ3) is 4.48. The van der Waals surface area contributed by atoms with Gasteiger partial charge in [0.05, 0.1) is 27.7 Å². The summed E-state index contributed by atoms with van der Waals surface area (Å²) in [7, 11) is 1.98. The van der Waals surface area contributed by atoms with E-state index in [1.54, 1.807) is 36.4 Å². The maximum atomic E-state index is 13.5. The van der Waals surface area contributed by atoms with E-state index < -0.39 is 11.5 Å². The minimum atomic E-state index is -0.988. The summed E-state index contributed by atoms with van der Waals surface area (Å²) in [6.45, 7) is 3.20. The molecule has 2 aliphatic rings. The van der Waals surface area contributed by atoms with Crippen molar-refractivity contribution in [2.45, 2.75) is 31.3 Å². The number of likely N-dealkylation sites (N-methyl/N-ethyl adjacent to an activating group) is 1. The van der Waals surface area contributed by atoms with E-state index in [9.17, 15) is 14.0 Å². The minimum absolute atomic E-state index is 0.185. The van der Waals surface area contributed by atoms with Gasteiger partial charge in [0.15, 0.2) is 0 Å². The molecule has 1 amide bonds. The summed E-state index contributed by atoms with van der Waals surface area (Å²) in [6.07, 6.45) is 3.07. The Labute approximate surface area is 213 Å². The van der Waals surface area contributed by atoms with Crippen molar-refractivity contribution in [3.63, 3.8) is 0 Å². The third-order valence-electron chi connectivity index (χ3n) is 7.11. The summed E-state index contributed by atoms with van der Waals surface area (Å²) >= 11 is 6.21. The molecule has 1 aromatic heterocycles. The monoisotopic (exact) mass is 508 g/mol. The van der Waals surface area contributed by atoms with Crippen LogP contribution in [0.15, 0.2) is 54.7 Å². The summed E-state index contributed by atoms with van der Waals surface area (Å²) in [5.74, 6) is -0.953. The number of benzene rings is 2. The maximum Gasteiger partial charge on any atom is 0.335 e. The smallest absolute Gasteiger partial charge is 0.335 e. The number of hydrogen-bond acceptors (Lipinski definition) is 5. The van der Waals surface area contributed by atoms with Gasteiger partial charge < -0.3 is 20.2 Å². The van der Waals surface area contributed by atoms with E-state index >= 15 is 0 Å². The van der Waals surface area contributed by atoms with Crippen LogP contribution < -0.4 is 15.1 Å². The molecule has 36 heavy (non-hydrogen) atoms. The van der Waals surface area contributed by atoms with Crippen molar-refractivity contribution in [2.75, 3.05) is 29.9 Å². The number of hydrogen-bond donors (Lipinski definition) is 2. The Hall–Kier alpha value is -3.65. The first-order valence-electron chi connectivity index (χ1n) is 11.7. The number of amides is 1. The Balaban J connectivity index is 1.31. The molecule has 0 spiro atoms. The average molecular weight is 509 g/mol. The minimum Gasteiger partial charge on any atom is -0.478 e. The molecule has 2 N–H and O–H groups in total.